The van der Waals surface area contributed by atoms with Gasteiger partial charge in [0.25, 0.3) is 0 Å². The van der Waals surface area contributed by atoms with Crippen LogP contribution in [0, 0.1) is 11.7 Å². The quantitative estimate of drug-likeness (QED) is 0.920. The standard InChI is InChI=1S/C16H23FN2O/c1-11-9-18-16(2,12-4-5-12)10-19(11)13-6-7-14(17)15(8-13)20-3/h6-8,11-12,18H,4-5,9-10H2,1-3H3. The molecule has 20 heavy (non-hydrogen) atoms. The lowest BCUT2D eigenvalue weighted by Gasteiger charge is -2.47. The van der Waals surface area contributed by atoms with E-state index in [4.69, 9.17) is 4.74 Å². The third kappa shape index (κ3) is 2.37. The van der Waals surface area contributed by atoms with Crippen molar-refractivity contribution in [3.63, 3.8) is 0 Å². The van der Waals surface area contributed by atoms with Crippen LogP contribution in [-0.2, 0) is 0 Å². The van der Waals surface area contributed by atoms with Gasteiger partial charge in [-0.2, -0.15) is 0 Å². The number of halogens is 1. The summed E-state index contributed by atoms with van der Waals surface area (Å²) in [5, 5.41) is 3.70. The van der Waals surface area contributed by atoms with E-state index in [0.717, 1.165) is 24.7 Å². The van der Waals surface area contributed by atoms with Crippen LogP contribution in [0.5, 0.6) is 5.75 Å². The lowest BCUT2D eigenvalue weighted by Crippen LogP contribution is -2.63. The molecule has 1 aliphatic heterocycles. The molecular formula is C16H23FN2O. The van der Waals surface area contributed by atoms with Gasteiger partial charge < -0.3 is 15.0 Å². The number of methoxy groups -OCH3 is 1. The van der Waals surface area contributed by atoms with E-state index >= 15 is 0 Å². The van der Waals surface area contributed by atoms with Gasteiger partial charge in [0.05, 0.1) is 7.11 Å². The number of hydrogen-bond donors (Lipinski definition) is 1. The van der Waals surface area contributed by atoms with Gasteiger partial charge in [-0.15, -0.1) is 0 Å². The van der Waals surface area contributed by atoms with Crippen LogP contribution in [0.25, 0.3) is 0 Å². The van der Waals surface area contributed by atoms with Crippen LogP contribution in [0.15, 0.2) is 18.2 Å². The number of benzene rings is 1. The van der Waals surface area contributed by atoms with Gasteiger partial charge in [-0.25, -0.2) is 4.39 Å². The topological polar surface area (TPSA) is 24.5 Å². The van der Waals surface area contributed by atoms with Gasteiger partial charge in [-0.3, -0.25) is 0 Å². The maximum Gasteiger partial charge on any atom is 0.165 e. The molecule has 1 N–H and O–H groups in total. The molecule has 1 aromatic carbocycles. The minimum Gasteiger partial charge on any atom is -0.494 e. The highest BCUT2D eigenvalue weighted by Gasteiger charge is 2.45. The molecule has 2 fully saturated rings. The van der Waals surface area contributed by atoms with Crippen molar-refractivity contribution < 1.29 is 9.13 Å². The van der Waals surface area contributed by atoms with E-state index in [9.17, 15) is 4.39 Å². The Hall–Kier alpha value is -1.29. The molecule has 0 radical (unpaired) electrons. The van der Waals surface area contributed by atoms with Crippen molar-refractivity contribution in [2.24, 2.45) is 5.92 Å². The second-order valence-corrected chi connectivity index (χ2v) is 6.37. The minimum absolute atomic E-state index is 0.175. The maximum atomic E-state index is 13.6. The Bertz CT molecular complexity index is 503. The van der Waals surface area contributed by atoms with Gasteiger partial charge in [0.1, 0.15) is 0 Å². The summed E-state index contributed by atoms with van der Waals surface area (Å²) in [5.41, 5.74) is 1.22. The van der Waals surface area contributed by atoms with E-state index in [1.165, 1.54) is 26.0 Å². The summed E-state index contributed by atoms with van der Waals surface area (Å²) in [5.74, 6) is 0.796. The van der Waals surface area contributed by atoms with Crippen LogP contribution in [0.1, 0.15) is 26.7 Å². The lowest BCUT2D eigenvalue weighted by molar-refractivity contribution is 0.260. The van der Waals surface area contributed by atoms with E-state index < -0.39 is 0 Å². The van der Waals surface area contributed by atoms with Crippen molar-refractivity contribution >= 4 is 5.69 Å². The van der Waals surface area contributed by atoms with Gasteiger partial charge >= 0.3 is 0 Å². The zero-order chi connectivity index (χ0) is 14.3. The monoisotopic (exact) mass is 278 g/mol. The SMILES string of the molecule is COc1cc(N2CC(C)(C3CC3)NCC2C)ccc1F. The molecule has 1 saturated carbocycles. The summed E-state index contributed by atoms with van der Waals surface area (Å²) in [7, 11) is 1.51. The number of hydrogen-bond acceptors (Lipinski definition) is 3. The van der Waals surface area contributed by atoms with Gasteiger partial charge in [-0.05, 0) is 44.7 Å². The van der Waals surface area contributed by atoms with Crippen molar-refractivity contribution in [1.29, 1.82) is 0 Å². The average molecular weight is 278 g/mol. The fourth-order valence-electron chi connectivity index (χ4n) is 3.22. The van der Waals surface area contributed by atoms with Crippen LogP contribution in [0.4, 0.5) is 10.1 Å². The van der Waals surface area contributed by atoms with Gasteiger partial charge in [-0.1, -0.05) is 0 Å². The van der Waals surface area contributed by atoms with Crippen molar-refractivity contribution in [2.75, 3.05) is 25.1 Å². The highest BCUT2D eigenvalue weighted by atomic mass is 19.1. The second-order valence-electron chi connectivity index (χ2n) is 6.37. The maximum absolute atomic E-state index is 13.6. The molecule has 2 aliphatic rings. The van der Waals surface area contributed by atoms with E-state index in [2.05, 4.69) is 24.1 Å². The molecule has 0 amide bonds. The highest BCUT2D eigenvalue weighted by Crippen LogP contribution is 2.42. The number of piperazine rings is 1. The zero-order valence-corrected chi connectivity index (χ0v) is 12.4. The van der Waals surface area contributed by atoms with Gasteiger partial charge in [0, 0.05) is 36.4 Å². The minimum atomic E-state index is -0.302. The molecule has 0 bridgehead atoms. The first kappa shape index (κ1) is 13.7. The molecule has 1 aliphatic carbocycles. The Balaban J connectivity index is 1.87. The smallest absolute Gasteiger partial charge is 0.165 e. The van der Waals surface area contributed by atoms with Crippen molar-refractivity contribution in [3.05, 3.63) is 24.0 Å². The van der Waals surface area contributed by atoms with E-state index in [-0.39, 0.29) is 11.4 Å². The van der Waals surface area contributed by atoms with Crippen LogP contribution in [0.2, 0.25) is 0 Å². The Kier molecular flexibility index (Phi) is 3.36. The normalized spacial score (nSPS) is 30.4. The van der Waals surface area contributed by atoms with Gasteiger partial charge in [0.15, 0.2) is 11.6 Å². The van der Waals surface area contributed by atoms with Gasteiger partial charge in [0.2, 0.25) is 0 Å². The summed E-state index contributed by atoms with van der Waals surface area (Å²) in [4.78, 5) is 2.37. The molecule has 2 atom stereocenters. The molecule has 0 aromatic heterocycles. The highest BCUT2D eigenvalue weighted by molar-refractivity contribution is 5.53. The fourth-order valence-corrected chi connectivity index (χ4v) is 3.22. The predicted octanol–water partition coefficient (Wildman–Crippen LogP) is 2.80. The molecule has 110 valence electrons. The van der Waals surface area contributed by atoms with E-state index in [0.29, 0.717) is 11.8 Å². The third-order valence-corrected chi connectivity index (χ3v) is 4.78. The first-order valence-electron chi connectivity index (χ1n) is 7.39. The number of nitrogens with zero attached hydrogens (tertiary/aromatic N) is 1. The van der Waals surface area contributed by atoms with Crippen molar-refractivity contribution in [2.45, 2.75) is 38.3 Å². The lowest BCUT2D eigenvalue weighted by atomic mass is 9.91. The molecule has 1 aromatic rings. The number of rotatable bonds is 3. The third-order valence-electron chi connectivity index (χ3n) is 4.78. The van der Waals surface area contributed by atoms with E-state index in [1.54, 1.807) is 0 Å². The summed E-state index contributed by atoms with van der Waals surface area (Å²) in [6.45, 7) is 6.44. The van der Waals surface area contributed by atoms with Crippen LogP contribution in [-0.4, -0.2) is 31.8 Å². The molecule has 2 unspecified atom stereocenters. The van der Waals surface area contributed by atoms with Crippen LogP contribution >= 0.6 is 0 Å². The summed E-state index contributed by atoms with van der Waals surface area (Å²) >= 11 is 0. The first-order chi connectivity index (χ1) is 9.53. The summed E-state index contributed by atoms with van der Waals surface area (Å²) in [6, 6.07) is 5.56. The largest absolute Gasteiger partial charge is 0.494 e. The second kappa shape index (κ2) is 4.92. The molecule has 0 spiro atoms. The predicted molar refractivity (Wildman–Crippen MR) is 78.9 cm³/mol. The molecule has 1 saturated heterocycles. The average Bonchev–Trinajstić information content (AvgIpc) is 3.27. The number of ether oxygens (including phenoxy) is 1. The summed E-state index contributed by atoms with van der Waals surface area (Å²) < 4.78 is 18.7. The van der Waals surface area contributed by atoms with Crippen LogP contribution < -0.4 is 15.0 Å². The Morgan fingerprint density at radius 2 is 2.15 bits per heavy atom. The fraction of sp³-hybridized carbons (Fsp3) is 0.625. The van der Waals surface area contributed by atoms with E-state index in [1.807, 2.05) is 12.1 Å². The van der Waals surface area contributed by atoms with Crippen molar-refractivity contribution in [3.8, 4) is 5.75 Å². The number of anilines is 1. The first-order valence-corrected chi connectivity index (χ1v) is 7.39. The Morgan fingerprint density at radius 3 is 2.80 bits per heavy atom. The molecule has 3 nitrogen and oxygen atoms in total. The molecule has 1 heterocycles. The van der Waals surface area contributed by atoms with Crippen molar-refractivity contribution in [1.82, 2.24) is 5.32 Å². The summed E-state index contributed by atoms with van der Waals surface area (Å²) in [6.07, 6.45) is 2.64. The zero-order valence-electron chi connectivity index (χ0n) is 12.4. The Morgan fingerprint density at radius 1 is 1.40 bits per heavy atom. The number of nitrogens with one attached hydrogen (secondary N) is 1. The molecule has 3 rings (SSSR count). The van der Waals surface area contributed by atoms with Crippen LogP contribution in [0.3, 0.4) is 0 Å². The molecular weight excluding hydrogens is 255 g/mol. The molecule has 4 heteroatoms. The Labute approximate surface area is 120 Å².